The standard InChI is InChI=1S/C30H14N2O4.C26H14.C20H10N2O4.2CH4/c33-27-19-10-6-15-17-8-12-21-26-22(30(36)32(29(21)35)14-4-2-1-3-5-14)13-9-18(24(17)26)16-7-11-20(28(34)31-27)25(19)23(15)16;1-5-15-6-2-10-18-22-14-24-20-12-4-8-16-7-3-11-19(26(16)20)23(24)13-21(22)17(9-1)25(15)18;23-17-11-6-8-13-16-14(9-7-12(15(11)16)18(24)21-17)20(26)22(19(13)25)10-4-2-1-3-5-10;;/h1-13H,(H,31,33,34);1-14H;1-9H,(H,21,23,24);2*1H4. The second-order valence-corrected chi connectivity index (χ2v) is 22.7. The van der Waals surface area contributed by atoms with Gasteiger partial charge in [-0.15, -0.1) is 0 Å². The van der Waals surface area contributed by atoms with Crippen molar-refractivity contribution in [1.29, 1.82) is 0 Å². The zero-order valence-corrected chi connectivity index (χ0v) is 45.9. The summed E-state index contributed by atoms with van der Waals surface area (Å²) in [4.78, 5) is 105. The second-order valence-electron chi connectivity index (χ2n) is 22.7. The largest absolute Gasteiger partial charge is 0.288 e. The Morgan fingerprint density at radius 1 is 0.211 bits per heavy atom. The number of rotatable bonds is 2. The van der Waals surface area contributed by atoms with Crippen LogP contribution in [0.1, 0.15) is 97.7 Å². The van der Waals surface area contributed by atoms with Crippen molar-refractivity contribution in [1.82, 2.24) is 10.6 Å². The Morgan fingerprint density at radius 3 is 0.778 bits per heavy atom. The van der Waals surface area contributed by atoms with Gasteiger partial charge >= 0.3 is 0 Å². The van der Waals surface area contributed by atoms with Crippen LogP contribution in [0.15, 0.2) is 218 Å². The van der Waals surface area contributed by atoms with E-state index in [9.17, 15) is 38.4 Å². The molecule has 0 unspecified atom stereocenters. The number of nitrogens with zero attached hydrogens (tertiary/aromatic N) is 2. The highest BCUT2D eigenvalue weighted by Crippen LogP contribution is 2.48. The number of carbonyl (C=O) groups excluding carboxylic acids is 8. The topological polar surface area (TPSA) is 167 Å². The molecule has 0 saturated heterocycles. The van der Waals surface area contributed by atoms with E-state index in [4.69, 9.17) is 0 Å². The summed E-state index contributed by atoms with van der Waals surface area (Å²) in [7, 11) is 0. The predicted octanol–water partition coefficient (Wildman–Crippen LogP) is 16.7. The first kappa shape index (κ1) is 53.2. The molecule has 16 aromatic carbocycles. The van der Waals surface area contributed by atoms with Gasteiger partial charge in [-0.3, -0.25) is 49.0 Å². The minimum Gasteiger partial charge on any atom is -0.288 e. The van der Waals surface area contributed by atoms with Crippen LogP contribution in [-0.2, 0) is 0 Å². The Balaban J connectivity index is 0.000000109. The molecule has 4 heterocycles. The van der Waals surface area contributed by atoms with Crippen LogP contribution in [0.3, 0.4) is 0 Å². The van der Waals surface area contributed by atoms with Crippen LogP contribution in [0.4, 0.5) is 11.4 Å². The lowest BCUT2D eigenvalue weighted by Gasteiger charge is -2.29. The molecule has 0 bridgehead atoms. The van der Waals surface area contributed by atoms with Crippen molar-refractivity contribution in [2.75, 3.05) is 9.80 Å². The maximum absolute atomic E-state index is 13.6. The maximum atomic E-state index is 13.6. The monoisotopic (exact) mass is 1170 g/mol. The minimum atomic E-state index is -0.531. The molecule has 4 aliphatic heterocycles. The molecule has 0 saturated carbocycles. The van der Waals surface area contributed by atoms with E-state index < -0.39 is 35.4 Å². The zero-order valence-electron chi connectivity index (χ0n) is 45.9. The quantitative estimate of drug-likeness (QED) is 0.0980. The summed E-state index contributed by atoms with van der Waals surface area (Å²) in [5, 5.41) is 28.3. The lowest BCUT2D eigenvalue weighted by Crippen LogP contribution is -2.42. The lowest BCUT2D eigenvalue weighted by atomic mass is 9.82. The fraction of sp³-hybridized carbons (Fsp3) is 0.0256. The van der Waals surface area contributed by atoms with E-state index in [0.717, 1.165) is 37.2 Å². The summed E-state index contributed by atoms with van der Waals surface area (Å²) in [6.45, 7) is 0. The van der Waals surface area contributed by atoms with Crippen molar-refractivity contribution in [3.05, 3.63) is 263 Å². The third kappa shape index (κ3) is 7.00. The maximum Gasteiger partial charge on any atom is 0.265 e. The number of hydrogen-bond acceptors (Lipinski definition) is 8. The van der Waals surface area contributed by atoms with Crippen LogP contribution in [0.2, 0.25) is 0 Å². The smallest absolute Gasteiger partial charge is 0.265 e. The molecular weight excluding hydrogens is 1120 g/mol. The Bertz CT molecular complexity index is 5580. The first-order valence-corrected chi connectivity index (χ1v) is 28.6. The number of para-hydroxylation sites is 2. The van der Waals surface area contributed by atoms with Gasteiger partial charge in [-0.25, -0.2) is 9.80 Å². The third-order valence-electron chi connectivity index (χ3n) is 18.4. The van der Waals surface area contributed by atoms with Crippen molar-refractivity contribution < 1.29 is 38.4 Å². The summed E-state index contributed by atoms with van der Waals surface area (Å²) in [6.07, 6.45) is 0. The summed E-state index contributed by atoms with van der Waals surface area (Å²) in [6, 6.07) is 69.8. The highest BCUT2D eigenvalue weighted by atomic mass is 16.2. The molecule has 0 spiro atoms. The van der Waals surface area contributed by atoms with Gasteiger partial charge in [-0.1, -0.05) is 148 Å². The van der Waals surface area contributed by atoms with Gasteiger partial charge in [0, 0.05) is 66.1 Å². The van der Waals surface area contributed by atoms with Crippen LogP contribution >= 0.6 is 0 Å². The normalized spacial score (nSPS) is 14.1. The minimum absolute atomic E-state index is 0. The predicted molar refractivity (Wildman–Crippen MR) is 358 cm³/mol. The number of anilines is 2. The van der Waals surface area contributed by atoms with Gasteiger partial charge in [-0.05, 0) is 182 Å². The number of carbonyl (C=O) groups is 8. The van der Waals surface area contributed by atoms with E-state index in [-0.39, 0.29) is 37.8 Å². The molecule has 4 aliphatic rings. The summed E-state index contributed by atoms with van der Waals surface area (Å²) < 4.78 is 0. The Kier molecular flexibility index (Phi) is 11.3. The third-order valence-corrected chi connectivity index (χ3v) is 18.4. The van der Waals surface area contributed by atoms with Crippen molar-refractivity contribution in [3.8, 4) is 0 Å². The van der Waals surface area contributed by atoms with Crippen LogP contribution in [0, 0.1) is 0 Å². The van der Waals surface area contributed by atoms with E-state index >= 15 is 0 Å². The van der Waals surface area contributed by atoms with Crippen LogP contribution in [0.25, 0.3) is 118 Å². The molecule has 12 nitrogen and oxygen atoms in total. The SMILES string of the molecule is C.C.O=C1NC(=O)c2ccc3c4c(ccc1c24)C(=O)N(c1ccccc1)C3=O.O=C1NC(=O)c2ccc3c4ccc5c6c(ccc(c7ccc1c2c73)c64)C(=O)N(c1ccccc1)C5=O.c1cc2cccc3c4cc5c(cc4c(c1)c23)c1cccc2cccc5c21. The molecule has 8 amide bonds. The number of amides is 8. The number of imide groups is 4. The molecule has 20 rings (SSSR count). The highest BCUT2D eigenvalue weighted by Gasteiger charge is 2.39. The first-order chi connectivity index (χ1) is 43.0. The fourth-order valence-electron chi connectivity index (χ4n) is 14.7. The molecule has 16 aromatic rings. The Hall–Kier alpha value is -12.3. The van der Waals surface area contributed by atoms with Crippen molar-refractivity contribution in [2.24, 2.45) is 0 Å². The van der Waals surface area contributed by atoms with E-state index in [2.05, 4.69) is 95.6 Å². The number of nitrogens with one attached hydrogen (secondary N) is 2. The molecule has 426 valence electrons. The van der Waals surface area contributed by atoms with Crippen LogP contribution in [-0.4, -0.2) is 47.3 Å². The molecular formula is C78H46N4O8. The van der Waals surface area contributed by atoms with Gasteiger partial charge in [-0.2, -0.15) is 0 Å². The van der Waals surface area contributed by atoms with Gasteiger partial charge in [0.15, 0.2) is 0 Å². The van der Waals surface area contributed by atoms with Gasteiger partial charge < -0.3 is 0 Å². The van der Waals surface area contributed by atoms with E-state index in [1.54, 1.807) is 78.9 Å². The van der Waals surface area contributed by atoms with Gasteiger partial charge in [0.1, 0.15) is 0 Å². The van der Waals surface area contributed by atoms with Crippen molar-refractivity contribution in [2.45, 2.75) is 14.9 Å². The molecule has 90 heavy (non-hydrogen) atoms. The summed E-state index contributed by atoms with van der Waals surface area (Å²) in [5.41, 5.74) is 4.03. The molecule has 0 fully saturated rings. The number of fused-ring (bicyclic) bond motifs is 8. The Labute approximate surface area is 511 Å². The molecule has 0 aromatic heterocycles. The molecule has 0 atom stereocenters. The average Bonchev–Trinajstić information content (AvgIpc) is 0.748. The van der Waals surface area contributed by atoms with Crippen LogP contribution in [0.5, 0.6) is 0 Å². The second kappa shape index (κ2) is 19.1. The first-order valence-electron chi connectivity index (χ1n) is 28.6. The van der Waals surface area contributed by atoms with Gasteiger partial charge in [0.2, 0.25) is 0 Å². The number of hydrogen-bond donors (Lipinski definition) is 2. The summed E-state index contributed by atoms with van der Waals surface area (Å²) >= 11 is 0. The highest BCUT2D eigenvalue weighted by molar-refractivity contribution is 6.45. The van der Waals surface area contributed by atoms with Crippen molar-refractivity contribution >= 4 is 177 Å². The van der Waals surface area contributed by atoms with E-state index in [1.165, 1.54) is 93.8 Å². The Morgan fingerprint density at radius 2 is 0.456 bits per heavy atom. The van der Waals surface area contributed by atoms with Crippen LogP contribution < -0.4 is 20.4 Å². The van der Waals surface area contributed by atoms with E-state index in [0.29, 0.717) is 66.3 Å². The fourth-order valence-corrected chi connectivity index (χ4v) is 14.7. The van der Waals surface area contributed by atoms with E-state index in [1.807, 2.05) is 30.3 Å². The molecule has 0 radical (unpaired) electrons. The number of benzene rings is 14. The van der Waals surface area contributed by atoms with Gasteiger partial charge in [0.05, 0.1) is 11.4 Å². The van der Waals surface area contributed by atoms with Gasteiger partial charge in [0.25, 0.3) is 47.3 Å². The molecule has 12 heteroatoms. The van der Waals surface area contributed by atoms with Crippen molar-refractivity contribution in [3.63, 3.8) is 0 Å². The molecule has 2 N–H and O–H groups in total. The molecule has 0 aliphatic carbocycles. The summed E-state index contributed by atoms with van der Waals surface area (Å²) in [5.74, 6) is -3.56. The zero-order chi connectivity index (χ0) is 59.1. The lowest BCUT2D eigenvalue weighted by molar-refractivity contribution is 0.0828. The average molecular weight is 1170 g/mol.